The molecule has 0 saturated heterocycles. The Kier molecular flexibility index (Phi) is 10.1. The van der Waals surface area contributed by atoms with Crippen LogP contribution in [0.1, 0.15) is 19.8 Å². The number of unbranched alkanes of at least 4 members (excludes halogenated alkanes) is 1. The number of hydrogen-bond acceptors (Lipinski definition) is 5. The van der Waals surface area contributed by atoms with Crippen molar-refractivity contribution in [3.8, 4) is 0 Å². The minimum absolute atomic E-state index is 0.254. The summed E-state index contributed by atoms with van der Waals surface area (Å²) in [5.41, 5.74) is 4.81. The van der Waals surface area contributed by atoms with Gasteiger partial charge in [0, 0.05) is 0 Å². The molecule has 0 saturated carbocycles. The lowest BCUT2D eigenvalue weighted by Gasteiger charge is -2.07. The maximum Gasteiger partial charge on any atom is 0.274 e. The average molecular weight is 297 g/mol. The fraction of sp³-hybridized carbons (Fsp3) is 0.400. The van der Waals surface area contributed by atoms with Gasteiger partial charge in [0.2, 0.25) is 6.29 Å². The number of allylic oxidation sites excluding steroid dienone is 7. The summed E-state index contributed by atoms with van der Waals surface area (Å²) in [4.78, 5) is 10.5. The molecule has 6 nitrogen and oxygen atoms in total. The molecule has 0 aliphatic rings. The number of carbonyl (C=O) groups is 1. The van der Waals surface area contributed by atoms with Crippen LogP contribution in [0.4, 0.5) is 0 Å². The van der Waals surface area contributed by atoms with Gasteiger partial charge in [-0.05, 0) is 25.8 Å². The van der Waals surface area contributed by atoms with Gasteiger partial charge in [0.1, 0.15) is 0 Å². The van der Waals surface area contributed by atoms with Crippen molar-refractivity contribution >= 4 is 5.91 Å². The average Bonchev–Trinajstić information content (AvgIpc) is 2.38. The van der Waals surface area contributed by atoms with E-state index < -0.39 is 18.0 Å². The molecule has 0 heterocycles. The van der Waals surface area contributed by atoms with Crippen LogP contribution >= 0.6 is 0 Å². The molecule has 0 aromatic rings. The molecule has 0 radical (unpaired) electrons. The van der Waals surface area contributed by atoms with Crippen LogP contribution < -0.4 is 5.73 Å². The van der Waals surface area contributed by atoms with Crippen molar-refractivity contribution < 1.29 is 24.9 Å². The molecule has 0 aromatic carbocycles. The summed E-state index contributed by atoms with van der Waals surface area (Å²) < 4.78 is 4.77. The van der Waals surface area contributed by atoms with Crippen LogP contribution in [0.15, 0.2) is 48.6 Å². The number of nitrogens with two attached hydrogens (primary N) is 1. The number of primary amides is 1. The SMILES string of the molecule is CC(O)(O)/C=C/C=C/C=C/C=C/CCCOC(O)C(N)=O. The number of hydrogen-bond donors (Lipinski definition) is 4. The Morgan fingerprint density at radius 1 is 1.19 bits per heavy atom. The van der Waals surface area contributed by atoms with Gasteiger partial charge in [-0.15, -0.1) is 0 Å². The summed E-state index contributed by atoms with van der Waals surface area (Å²) in [6.45, 7) is 1.52. The molecular formula is C15H23NO5. The Hall–Kier alpha value is -1.73. The Morgan fingerprint density at radius 3 is 2.33 bits per heavy atom. The maximum absolute atomic E-state index is 10.5. The number of carbonyl (C=O) groups excluding carboxylic acids is 1. The predicted molar refractivity (Wildman–Crippen MR) is 79.8 cm³/mol. The van der Waals surface area contributed by atoms with E-state index in [-0.39, 0.29) is 6.61 Å². The largest absolute Gasteiger partial charge is 0.365 e. The molecule has 1 amide bonds. The summed E-state index contributed by atoms with van der Waals surface area (Å²) >= 11 is 0. The van der Waals surface area contributed by atoms with Gasteiger partial charge < -0.3 is 25.8 Å². The normalized spacial score (nSPS) is 14.9. The Morgan fingerprint density at radius 2 is 1.76 bits per heavy atom. The first-order valence-electron chi connectivity index (χ1n) is 6.54. The third-order valence-corrected chi connectivity index (χ3v) is 2.14. The second kappa shape index (κ2) is 11.0. The van der Waals surface area contributed by atoms with E-state index in [2.05, 4.69) is 0 Å². The highest BCUT2D eigenvalue weighted by Crippen LogP contribution is 1.98. The van der Waals surface area contributed by atoms with Crippen molar-refractivity contribution in [1.29, 1.82) is 0 Å². The topological polar surface area (TPSA) is 113 Å². The van der Waals surface area contributed by atoms with Crippen molar-refractivity contribution in [3.63, 3.8) is 0 Å². The summed E-state index contributed by atoms with van der Waals surface area (Å²) in [5, 5.41) is 26.9. The summed E-state index contributed by atoms with van der Waals surface area (Å²) in [6.07, 6.45) is 13.5. The molecule has 1 unspecified atom stereocenters. The molecule has 6 heteroatoms. The molecule has 118 valence electrons. The summed E-state index contributed by atoms with van der Waals surface area (Å²) in [7, 11) is 0. The first-order valence-corrected chi connectivity index (χ1v) is 6.54. The molecule has 0 aliphatic carbocycles. The lowest BCUT2D eigenvalue weighted by Crippen LogP contribution is -2.30. The van der Waals surface area contributed by atoms with E-state index in [4.69, 9.17) is 25.8 Å². The van der Waals surface area contributed by atoms with E-state index in [9.17, 15) is 4.79 Å². The van der Waals surface area contributed by atoms with Crippen LogP contribution in [0.3, 0.4) is 0 Å². The summed E-state index contributed by atoms with van der Waals surface area (Å²) in [5.74, 6) is -2.69. The third kappa shape index (κ3) is 14.5. The van der Waals surface area contributed by atoms with Gasteiger partial charge in [-0.2, -0.15) is 0 Å². The van der Waals surface area contributed by atoms with Crippen molar-refractivity contribution in [2.24, 2.45) is 5.73 Å². The van der Waals surface area contributed by atoms with Gasteiger partial charge in [0.25, 0.3) is 5.91 Å². The zero-order valence-electron chi connectivity index (χ0n) is 12.1. The Bertz CT molecular complexity index is 405. The second-order valence-electron chi connectivity index (χ2n) is 4.42. The lowest BCUT2D eigenvalue weighted by atomic mass is 10.3. The molecule has 0 bridgehead atoms. The number of ether oxygens (including phenoxy) is 1. The molecule has 21 heavy (non-hydrogen) atoms. The van der Waals surface area contributed by atoms with Gasteiger partial charge >= 0.3 is 0 Å². The van der Waals surface area contributed by atoms with E-state index in [1.54, 1.807) is 18.2 Å². The van der Waals surface area contributed by atoms with Crippen LogP contribution in [-0.2, 0) is 9.53 Å². The molecule has 5 N–H and O–H groups in total. The van der Waals surface area contributed by atoms with E-state index >= 15 is 0 Å². The van der Waals surface area contributed by atoms with Crippen LogP contribution in [0, 0.1) is 0 Å². The number of aliphatic hydroxyl groups is 3. The molecular weight excluding hydrogens is 274 g/mol. The monoisotopic (exact) mass is 297 g/mol. The highest BCUT2D eigenvalue weighted by molar-refractivity contribution is 5.77. The van der Waals surface area contributed by atoms with Crippen molar-refractivity contribution in [2.45, 2.75) is 31.8 Å². The van der Waals surface area contributed by atoms with Gasteiger partial charge in [0.15, 0.2) is 5.79 Å². The van der Waals surface area contributed by atoms with Crippen LogP contribution in [0.25, 0.3) is 0 Å². The van der Waals surface area contributed by atoms with Gasteiger partial charge in [-0.25, -0.2) is 0 Å². The number of rotatable bonds is 10. The Balaban J connectivity index is 3.68. The second-order valence-corrected chi connectivity index (χ2v) is 4.42. The Labute approximate surface area is 124 Å². The van der Waals surface area contributed by atoms with Crippen LogP contribution in [0.5, 0.6) is 0 Å². The first kappa shape index (κ1) is 19.3. The highest BCUT2D eigenvalue weighted by Gasteiger charge is 2.09. The van der Waals surface area contributed by atoms with Gasteiger partial charge in [-0.1, -0.05) is 42.5 Å². The molecule has 0 spiro atoms. The number of amides is 1. The smallest absolute Gasteiger partial charge is 0.274 e. The summed E-state index contributed by atoms with van der Waals surface area (Å²) in [6, 6.07) is 0. The van der Waals surface area contributed by atoms with Crippen molar-refractivity contribution in [2.75, 3.05) is 6.61 Å². The molecule has 0 rings (SSSR count). The van der Waals surface area contributed by atoms with E-state index in [1.165, 1.54) is 19.1 Å². The first-order chi connectivity index (χ1) is 9.83. The van der Waals surface area contributed by atoms with Gasteiger partial charge in [-0.3, -0.25) is 4.79 Å². The van der Waals surface area contributed by atoms with Crippen LogP contribution in [0.2, 0.25) is 0 Å². The van der Waals surface area contributed by atoms with Crippen molar-refractivity contribution in [1.82, 2.24) is 0 Å². The predicted octanol–water partition coefficient (Wildman–Crippen LogP) is 0.512. The molecule has 0 aromatic heterocycles. The zero-order valence-corrected chi connectivity index (χ0v) is 12.1. The lowest BCUT2D eigenvalue weighted by molar-refractivity contribution is -0.154. The van der Waals surface area contributed by atoms with E-state index in [0.717, 1.165) is 6.42 Å². The van der Waals surface area contributed by atoms with Crippen molar-refractivity contribution in [3.05, 3.63) is 48.6 Å². The minimum Gasteiger partial charge on any atom is -0.365 e. The van der Waals surface area contributed by atoms with E-state index in [1.807, 2.05) is 18.2 Å². The zero-order chi connectivity index (χ0) is 16.1. The third-order valence-electron chi connectivity index (χ3n) is 2.14. The van der Waals surface area contributed by atoms with Crippen LogP contribution in [-0.4, -0.2) is 39.9 Å². The fourth-order valence-electron chi connectivity index (χ4n) is 1.15. The quantitative estimate of drug-likeness (QED) is 0.267. The minimum atomic E-state index is -1.79. The maximum atomic E-state index is 10.5. The number of aliphatic hydroxyl groups excluding tert-OH is 1. The molecule has 1 atom stereocenters. The fourth-order valence-corrected chi connectivity index (χ4v) is 1.15. The molecule has 0 fully saturated rings. The highest BCUT2D eigenvalue weighted by atomic mass is 16.6. The van der Waals surface area contributed by atoms with Gasteiger partial charge in [0.05, 0.1) is 6.61 Å². The standard InChI is InChI=1S/C15H23NO5/c1-15(19,20)11-9-7-5-3-2-4-6-8-10-12-21-14(18)13(16)17/h2-7,9,11,14,18-20H,8,10,12H2,1H3,(H2,16,17)/b3-2+,6-4+,7-5+,11-9+. The molecule has 0 aliphatic heterocycles. The van der Waals surface area contributed by atoms with E-state index in [0.29, 0.717) is 6.42 Å².